The Balaban J connectivity index is 1.39. The molecule has 0 aliphatic heterocycles. The number of carboxylic acid groups (broad SMARTS) is 2. The normalized spacial score (nSPS) is 11.4. The molecule has 0 saturated heterocycles. The summed E-state index contributed by atoms with van der Waals surface area (Å²) in [6.45, 7) is 0.743. The molecule has 0 saturated carbocycles. The molecule has 3 aromatic carbocycles. The molecule has 0 aliphatic rings. The maximum absolute atomic E-state index is 11.5. The molecular weight excluding hydrogens is 494 g/mol. The minimum absolute atomic E-state index is 0.0733. The molecule has 7 heteroatoms. The first kappa shape index (κ1) is 27.3. The monoisotopic (exact) mass is 525 g/mol. The summed E-state index contributed by atoms with van der Waals surface area (Å²) in [6.07, 6.45) is 10.7. The van der Waals surface area contributed by atoms with Crippen LogP contribution in [0.4, 0.5) is 0 Å². The largest absolute Gasteiger partial charge is 0.490 e. The number of aliphatic carboxylic acids is 2. The van der Waals surface area contributed by atoms with Gasteiger partial charge in [0.05, 0.1) is 5.52 Å². The number of para-hydroxylation sites is 2. The Morgan fingerprint density at radius 1 is 0.769 bits per heavy atom. The maximum atomic E-state index is 11.5. The number of aryl methyl sites for hydroxylation is 1. The van der Waals surface area contributed by atoms with Gasteiger partial charge in [0, 0.05) is 18.0 Å². The molecule has 39 heavy (non-hydrogen) atoms. The average molecular weight is 526 g/mol. The molecule has 0 aliphatic carbocycles. The van der Waals surface area contributed by atoms with Gasteiger partial charge in [-0.1, -0.05) is 60.7 Å². The van der Waals surface area contributed by atoms with E-state index in [0.717, 1.165) is 39.1 Å². The van der Waals surface area contributed by atoms with Crippen molar-refractivity contribution >= 4 is 35.0 Å². The van der Waals surface area contributed by atoms with E-state index in [4.69, 9.17) is 14.6 Å². The summed E-state index contributed by atoms with van der Waals surface area (Å²) < 4.78 is 13.1. The van der Waals surface area contributed by atoms with Crippen molar-refractivity contribution in [3.63, 3.8) is 0 Å². The fourth-order valence-electron chi connectivity index (χ4n) is 4.30. The molecule has 4 rings (SSSR count). The van der Waals surface area contributed by atoms with E-state index in [2.05, 4.69) is 0 Å². The van der Waals surface area contributed by atoms with E-state index in [1.807, 2.05) is 103 Å². The number of hydrogen-bond donors (Lipinski definition) is 2. The van der Waals surface area contributed by atoms with Gasteiger partial charge in [0.2, 0.25) is 0 Å². The summed E-state index contributed by atoms with van der Waals surface area (Å²) in [5, 5.41) is 19.3. The number of carbonyl (C=O) groups is 2. The molecule has 1 heterocycles. The number of rotatable bonds is 14. The number of ether oxygens (including phenoxy) is 2. The highest BCUT2D eigenvalue weighted by Crippen LogP contribution is 2.28. The van der Waals surface area contributed by atoms with Gasteiger partial charge in [-0.3, -0.25) is 9.59 Å². The summed E-state index contributed by atoms with van der Waals surface area (Å²) in [4.78, 5) is 22.4. The Hall–Kier alpha value is -4.78. The highest BCUT2D eigenvalue weighted by molar-refractivity contribution is 5.94. The van der Waals surface area contributed by atoms with Crippen molar-refractivity contribution in [3.8, 4) is 11.5 Å². The standard InChI is InChI=1S/C32H31NO6/c34-30(35)13-7-9-26-22-33(23-31(36)37)32-25(8-6-12-29(26)32)17-14-24-15-18-28(19-16-24)39-21-5-4-20-38-27-10-2-1-3-11-27/h1-6,8,10-12,14-19,22H,7,9,13,20-21,23H2,(H,34,35)(H,36,37)/b5-4+,17-14+. The fourth-order valence-corrected chi connectivity index (χ4v) is 4.30. The first-order valence-corrected chi connectivity index (χ1v) is 12.8. The third kappa shape index (κ3) is 8.10. The van der Waals surface area contributed by atoms with E-state index in [1.165, 1.54) is 0 Å². The van der Waals surface area contributed by atoms with Crippen LogP contribution in [0.5, 0.6) is 11.5 Å². The molecule has 7 nitrogen and oxygen atoms in total. The van der Waals surface area contributed by atoms with Gasteiger partial charge in [-0.05, 0) is 65.9 Å². The van der Waals surface area contributed by atoms with Crippen LogP contribution in [0.2, 0.25) is 0 Å². The summed E-state index contributed by atoms with van der Waals surface area (Å²) in [6, 6.07) is 23.2. The van der Waals surface area contributed by atoms with Gasteiger partial charge in [0.25, 0.3) is 0 Å². The van der Waals surface area contributed by atoms with Crippen molar-refractivity contribution in [2.75, 3.05) is 13.2 Å². The molecular formula is C32H31NO6. The van der Waals surface area contributed by atoms with Gasteiger partial charge >= 0.3 is 11.9 Å². The number of benzene rings is 3. The van der Waals surface area contributed by atoms with Crippen molar-refractivity contribution in [2.24, 2.45) is 0 Å². The van der Waals surface area contributed by atoms with Gasteiger partial charge < -0.3 is 24.3 Å². The molecule has 0 amide bonds. The number of nitrogens with zero attached hydrogens (tertiary/aromatic N) is 1. The van der Waals surface area contributed by atoms with Crippen molar-refractivity contribution in [2.45, 2.75) is 25.8 Å². The quantitative estimate of drug-likeness (QED) is 0.148. The zero-order chi connectivity index (χ0) is 27.5. The average Bonchev–Trinajstić information content (AvgIpc) is 3.27. The minimum atomic E-state index is -0.933. The topological polar surface area (TPSA) is 98.0 Å². The lowest BCUT2D eigenvalue weighted by Crippen LogP contribution is -2.07. The fraction of sp³-hybridized carbons (Fsp3) is 0.188. The van der Waals surface area contributed by atoms with Crippen LogP contribution in [0, 0.1) is 0 Å². The lowest BCUT2D eigenvalue weighted by atomic mass is 10.0. The highest BCUT2D eigenvalue weighted by Gasteiger charge is 2.13. The van der Waals surface area contributed by atoms with Crippen LogP contribution in [0.15, 0.2) is 91.1 Å². The van der Waals surface area contributed by atoms with E-state index in [-0.39, 0.29) is 13.0 Å². The van der Waals surface area contributed by atoms with Crippen molar-refractivity contribution in [1.82, 2.24) is 4.57 Å². The third-order valence-corrected chi connectivity index (χ3v) is 6.09. The molecule has 1 aromatic heterocycles. The van der Waals surface area contributed by atoms with E-state index in [9.17, 15) is 14.7 Å². The van der Waals surface area contributed by atoms with Crippen molar-refractivity contribution in [1.29, 1.82) is 0 Å². The van der Waals surface area contributed by atoms with Crippen molar-refractivity contribution in [3.05, 3.63) is 108 Å². The minimum Gasteiger partial charge on any atom is -0.490 e. The predicted molar refractivity (Wildman–Crippen MR) is 152 cm³/mol. The number of carboxylic acids is 2. The van der Waals surface area contributed by atoms with E-state index in [0.29, 0.717) is 26.1 Å². The molecule has 0 atom stereocenters. The van der Waals surface area contributed by atoms with Gasteiger partial charge in [-0.2, -0.15) is 0 Å². The number of aromatic nitrogens is 1. The van der Waals surface area contributed by atoms with Gasteiger partial charge in [-0.15, -0.1) is 0 Å². The second kappa shape index (κ2) is 13.7. The molecule has 2 N–H and O–H groups in total. The first-order chi connectivity index (χ1) is 19.0. The summed E-state index contributed by atoms with van der Waals surface area (Å²) in [5.74, 6) is -0.190. The second-order valence-electron chi connectivity index (χ2n) is 8.98. The number of fused-ring (bicyclic) bond motifs is 1. The Labute approximate surface area is 227 Å². The molecule has 200 valence electrons. The SMILES string of the molecule is O=C(O)CCCc1cn(CC(=O)O)c2c(/C=C/c3ccc(OC/C=C/COc4ccccc4)cc3)cccc12. The van der Waals surface area contributed by atoms with Gasteiger partial charge in [0.1, 0.15) is 31.3 Å². The van der Waals surface area contributed by atoms with Gasteiger partial charge in [0.15, 0.2) is 0 Å². The van der Waals surface area contributed by atoms with Crippen molar-refractivity contribution < 1.29 is 29.3 Å². The molecule has 0 spiro atoms. The highest BCUT2D eigenvalue weighted by atomic mass is 16.5. The summed E-state index contributed by atoms with van der Waals surface area (Å²) >= 11 is 0. The van der Waals surface area contributed by atoms with Crippen LogP contribution in [0.3, 0.4) is 0 Å². The van der Waals surface area contributed by atoms with E-state index >= 15 is 0 Å². The lowest BCUT2D eigenvalue weighted by Gasteiger charge is -2.06. The molecule has 0 bridgehead atoms. The second-order valence-corrected chi connectivity index (χ2v) is 8.98. The molecule has 0 fully saturated rings. The smallest absolute Gasteiger partial charge is 0.323 e. The summed E-state index contributed by atoms with van der Waals surface area (Å²) in [7, 11) is 0. The van der Waals surface area contributed by atoms with Crippen LogP contribution in [-0.2, 0) is 22.6 Å². The van der Waals surface area contributed by atoms with Crippen LogP contribution < -0.4 is 9.47 Å². The Kier molecular flexibility index (Phi) is 9.56. The Morgan fingerprint density at radius 2 is 1.46 bits per heavy atom. The predicted octanol–water partition coefficient (Wildman–Crippen LogP) is 6.32. The maximum Gasteiger partial charge on any atom is 0.323 e. The first-order valence-electron chi connectivity index (χ1n) is 12.8. The van der Waals surface area contributed by atoms with Crippen LogP contribution in [-0.4, -0.2) is 39.9 Å². The number of hydrogen-bond acceptors (Lipinski definition) is 4. The molecule has 4 aromatic rings. The van der Waals surface area contributed by atoms with Crippen LogP contribution >= 0.6 is 0 Å². The zero-order valence-electron chi connectivity index (χ0n) is 21.5. The Bertz CT molecular complexity index is 1450. The molecule has 0 unspecified atom stereocenters. The third-order valence-electron chi connectivity index (χ3n) is 6.09. The summed E-state index contributed by atoms with van der Waals surface area (Å²) in [5.41, 5.74) is 3.64. The lowest BCUT2D eigenvalue weighted by molar-refractivity contribution is -0.138. The Morgan fingerprint density at radius 3 is 2.13 bits per heavy atom. The van der Waals surface area contributed by atoms with E-state index < -0.39 is 11.9 Å². The van der Waals surface area contributed by atoms with Gasteiger partial charge in [-0.25, -0.2) is 0 Å². The zero-order valence-corrected chi connectivity index (χ0v) is 21.5. The van der Waals surface area contributed by atoms with Crippen LogP contribution in [0.25, 0.3) is 23.1 Å². The van der Waals surface area contributed by atoms with E-state index in [1.54, 1.807) is 4.57 Å². The van der Waals surface area contributed by atoms with Crippen LogP contribution in [0.1, 0.15) is 29.5 Å². The molecule has 0 radical (unpaired) electrons.